The maximum Gasteiger partial charge on any atom is 0.165 e. The maximum atomic E-state index is 10.2. The molecule has 114 valence electrons. The van der Waals surface area contributed by atoms with Gasteiger partial charge in [0.2, 0.25) is 0 Å². The van der Waals surface area contributed by atoms with Crippen LogP contribution in [0.25, 0.3) is 0 Å². The molecular formula is C16H27NO3. The molecule has 0 spiro atoms. The minimum absolute atomic E-state index is 0.417. The van der Waals surface area contributed by atoms with E-state index in [0.29, 0.717) is 13.2 Å². The molecular weight excluding hydrogens is 254 g/mol. The fourth-order valence-corrected chi connectivity index (χ4v) is 1.73. The van der Waals surface area contributed by atoms with E-state index in [-0.39, 0.29) is 0 Å². The Morgan fingerprint density at radius 2 is 1.85 bits per heavy atom. The molecule has 2 N–H and O–H groups in total. The summed E-state index contributed by atoms with van der Waals surface area (Å²) < 4.78 is 11.0. The number of methoxy groups -OCH3 is 1. The van der Waals surface area contributed by atoms with Crippen molar-refractivity contribution in [2.45, 2.75) is 52.3 Å². The van der Waals surface area contributed by atoms with Crippen LogP contribution in [0.1, 0.15) is 40.2 Å². The van der Waals surface area contributed by atoms with E-state index in [0.717, 1.165) is 17.1 Å². The summed E-state index contributed by atoms with van der Waals surface area (Å²) in [7, 11) is 1.64. The van der Waals surface area contributed by atoms with Gasteiger partial charge in [-0.25, -0.2) is 0 Å². The van der Waals surface area contributed by atoms with Crippen molar-refractivity contribution in [3.05, 3.63) is 23.8 Å². The van der Waals surface area contributed by atoms with Gasteiger partial charge in [0.15, 0.2) is 11.5 Å². The molecule has 0 heterocycles. The lowest BCUT2D eigenvalue weighted by molar-refractivity contribution is -0.00540. The van der Waals surface area contributed by atoms with E-state index in [2.05, 4.69) is 5.32 Å². The smallest absolute Gasteiger partial charge is 0.165 e. The van der Waals surface area contributed by atoms with Crippen LogP contribution in [0, 0.1) is 0 Å². The Kier molecular flexibility index (Phi) is 5.42. The molecule has 0 saturated carbocycles. The highest BCUT2D eigenvalue weighted by Crippen LogP contribution is 2.31. The first-order valence-corrected chi connectivity index (χ1v) is 6.99. The molecule has 0 radical (unpaired) electrons. The molecule has 20 heavy (non-hydrogen) atoms. The van der Waals surface area contributed by atoms with Gasteiger partial charge in [-0.2, -0.15) is 0 Å². The van der Waals surface area contributed by atoms with E-state index in [9.17, 15) is 5.11 Å². The summed E-state index contributed by atoms with van der Waals surface area (Å²) >= 11 is 0. The first-order chi connectivity index (χ1) is 9.23. The largest absolute Gasteiger partial charge is 0.493 e. The van der Waals surface area contributed by atoms with Crippen LogP contribution < -0.4 is 14.8 Å². The molecule has 0 atom stereocenters. The zero-order chi connectivity index (χ0) is 15.4. The summed E-state index contributed by atoms with van der Waals surface area (Å²) in [6.07, 6.45) is 0. The van der Waals surface area contributed by atoms with E-state index in [4.69, 9.17) is 9.47 Å². The van der Waals surface area contributed by atoms with Crippen molar-refractivity contribution in [2.75, 3.05) is 13.7 Å². The number of hydrogen-bond donors (Lipinski definition) is 2. The molecule has 0 aromatic heterocycles. The molecule has 1 aromatic rings. The van der Waals surface area contributed by atoms with Gasteiger partial charge in [0.1, 0.15) is 0 Å². The predicted octanol–water partition coefficient (Wildman–Crippen LogP) is 2.73. The highest BCUT2D eigenvalue weighted by Gasteiger charge is 2.34. The lowest BCUT2D eigenvalue weighted by Gasteiger charge is -2.38. The first kappa shape index (κ1) is 16.8. The first-order valence-electron chi connectivity index (χ1n) is 6.99. The zero-order valence-electron chi connectivity index (χ0n) is 13.4. The van der Waals surface area contributed by atoms with Crippen molar-refractivity contribution in [1.82, 2.24) is 5.32 Å². The molecule has 0 aliphatic heterocycles. The second-order valence-corrected chi connectivity index (χ2v) is 5.92. The summed E-state index contributed by atoms with van der Waals surface area (Å²) in [4.78, 5) is 0. The molecule has 0 aliphatic carbocycles. The molecule has 4 heteroatoms. The van der Waals surface area contributed by atoms with Gasteiger partial charge < -0.3 is 19.9 Å². The number of rotatable bonds is 7. The summed E-state index contributed by atoms with van der Waals surface area (Å²) in [5.74, 6) is 1.49. The third-order valence-corrected chi connectivity index (χ3v) is 3.81. The van der Waals surface area contributed by atoms with Crippen LogP contribution in [0.3, 0.4) is 0 Å². The number of ether oxygens (including phenoxy) is 2. The van der Waals surface area contributed by atoms with Gasteiger partial charge in [0.05, 0.1) is 19.3 Å². The average Bonchev–Trinajstić information content (AvgIpc) is 2.35. The Morgan fingerprint density at radius 3 is 2.35 bits per heavy atom. The molecule has 0 unspecified atom stereocenters. The van der Waals surface area contributed by atoms with Crippen molar-refractivity contribution >= 4 is 0 Å². The minimum Gasteiger partial charge on any atom is -0.493 e. The summed E-state index contributed by atoms with van der Waals surface area (Å²) in [6, 6.07) is 5.84. The Balaban J connectivity index is 2.91. The second kappa shape index (κ2) is 6.46. The van der Waals surface area contributed by atoms with Gasteiger partial charge in [0.25, 0.3) is 0 Å². The third-order valence-electron chi connectivity index (χ3n) is 3.81. The van der Waals surface area contributed by atoms with Crippen LogP contribution in [0.2, 0.25) is 0 Å². The molecule has 1 aromatic carbocycles. The standard InChI is InChI=1S/C16H27NO3/c1-7-20-13-10-8-9-12(14(13)19-6)11-17-15(2,3)16(4,5)18/h8-10,17-18H,7,11H2,1-6H3. The molecule has 0 bridgehead atoms. The fourth-order valence-electron chi connectivity index (χ4n) is 1.73. The van der Waals surface area contributed by atoms with Gasteiger partial charge in [-0.1, -0.05) is 12.1 Å². The van der Waals surface area contributed by atoms with Gasteiger partial charge in [-0.15, -0.1) is 0 Å². The Labute approximate surface area is 122 Å². The highest BCUT2D eigenvalue weighted by molar-refractivity contribution is 5.46. The van der Waals surface area contributed by atoms with E-state index in [1.54, 1.807) is 21.0 Å². The van der Waals surface area contributed by atoms with Crippen LogP contribution in [-0.2, 0) is 6.54 Å². The minimum atomic E-state index is -0.822. The molecule has 4 nitrogen and oxygen atoms in total. The van der Waals surface area contributed by atoms with Gasteiger partial charge in [-0.05, 0) is 40.7 Å². The maximum absolute atomic E-state index is 10.2. The van der Waals surface area contributed by atoms with Crippen molar-refractivity contribution in [2.24, 2.45) is 0 Å². The quantitative estimate of drug-likeness (QED) is 0.807. The van der Waals surface area contributed by atoms with Crippen LogP contribution in [0.4, 0.5) is 0 Å². The second-order valence-electron chi connectivity index (χ2n) is 5.92. The summed E-state index contributed by atoms with van der Waals surface area (Å²) in [6.45, 7) is 10.7. The van der Waals surface area contributed by atoms with Crippen LogP contribution in [0.15, 0.2) is 18.2 Å². The third kappa shape index (κ3) is 3.87. The lowest BCUT2D eigenvalue weighted by Crippen LogP contribution is -2.55. The summed E-state index contributed by atoms with van der Waals surface area (Å²) in [5, 5.41) is 13.5. The summed E-state index contributed by atoms with van der Waals surface area (Å²) in [5.41, 5.74) is -0.229. The van der Waals surface area contributed by atoms with Crippen molar-refractivity contribution in [3.8, 4) is 11.5 Å². The Bertz CT molecular complexity index is 436. The molecule has 1 rings (SSSR count). The fraction of sp³-hybridized carbons (Fsp3) is 0.625. The Morgan fingerprint density at radius 1 is 1.20 bits per heavy atom. The topological polar surface area (TPSA) is 50.7 Å². The van der Waals surface area contributed by atoms with Crippen LogP contribution in [0.5, 0.6) is 11.5 Å². The van der Waals surface area contributed by atoms with Crippen LogP contribution >= 0.6 is 0 Å². The Hall–Kier alpha value is -1.26. The lowest BCUT2D eigenvalue weighted by atomic mass is 9.86. The van der Waals surface area contributed by atoms with Crippen molar-refractivity contribution < 1.29 is 14.6 Å². The molecule has 0 aliphatic rings. The monoisotopic (exact) mass is 281 g/mol. The number of para-hydroxylation sites is 1. The highest BCUT2D eigenvalue weighted by atomic mass is 16.5. The number of hydrogen-bond acceptors (Lipinski definition) is 4. The SMILES string of the molecule is CCOc1cccc(CNC(C)(C)C(C)(C)O)c1OC. The van der Waals surface area contributed by atoms with E-state index in [1.807, 2.05) is 39.0 Å². The number of nitrogens with one attached hydrogen (secondary N) is 1. The van der Waals surface area contributed by atoms with E-state index < -0.39 is 11.1 Å². The molecule has 0 saturated heterocycles. The normalized spacial score (nSPS) is 12.3. The molecule has 0 fully saturated rings. The van der Waals surface area contributed by atoms with Gasteiger partial charge in [-0.3, -0.25) is 0 Å². The van der Waals surface area contributed by atoms with Gasteiger partial charge in [0, 0.05) is 17.6 Å². The van der Waals surface area contributed by atoms with Crippen molar-refractivity contribution in [1.29, 1.82) is 0 Å². The van der Waals surface area contributed by atoms with Crippen molar-refractivity contribution in [3.63, 3.8) is 0 Å². The van der Waals surface area contributed by atoms with E-state index in [1.165, 1.54) is 0 Å². The van der Waals surface area contributed by atoms with E-state index >= 15 is 0 Å². The molecule has 0 amide bonds. The number of benzene rings is 1. The zero-order valence-corrected chi connectivity index (χ0v) is 13.4. The number of aliphatic hydroxyl groups is 1. The average molecular weight is 281 g/mol. The predicted molar refractivity (Wildman–Crippen MR) is 81.4 cm³/mol. The van der Waals surface area contributed by atoms with Crippen LogP contribution in [-0.4, -0.2) is 30.0 Å². The van der Waals surface area contributed by atoms with Gasteiger partial charge >= 0.3 is 0 Å².